The van der Waals surface area contributed by atoms with Crippen molar-refractivity contribution in [2.75, 3.05) is 0 Å². The van der Waals surface area contributed by atoms with Crippen molar-refractivity contribution >= 4 is 5.97 Å². The third-order valence-corrected chi connectivity index (χ3v) is 2.91. The van der Waals surface area contributed by atoms with Crippen LogP contribution in [0.2, 0.25) is 0 Å². The molecule has 0 bridgehead atoms. The van der Waals surface area contributed by atoms with Gasteiger partial charge in [0, 0.05) is 12.2 Å². The number of ether oxygens (including phenoxy) is 1. The summed E-state index contributed by atoms with van der Waals surface area (Å²) in [6.07, 6.45) is 1.73. The second-order valence-electron chi connectivity index (χ2n) is 4.97. The maximum absolute atomic E-state index is 11.1. The van der Waals surface area contributed by atoms with Crippen LogP contribution in [0.5, 0.6) is 5.75 Å². The van der Waals surface area contributed by atoms with Crippen LogP contribution in [0.25, 0.3) is 0 Å². The maximum atomic E-state index is 11.1. The molecule has 5 heteroatoms. The van der Waals surface area contributed by atoms with E-state index in [4.69, 9.17) is 9.84 Å². The number of imidazole rings is 1. The van der Waals surface area contributed by atoms with Gasteiger partial charge < -0.3 is 14.4 Å². The Morgan fingerprint density at radius 1 is 1.45 bits per heavy atom. The van der Waals surface area contributed by atoms with Crippen molar-refractivity contribution in [2.45, 2.75) is 33.4 Å². The second kappa shape index (κ2) is 5.77. The van der Waals surface area contributed by atoms with Crippen molar-refractivity contribution in [3.05, 3.63) is 47.5 Å². The summed E-state index contributed by atoms with van der Waals surface area (Å²) in [6, 6.07) is 7.74. The van der Waals surface area contributed by atoms with Gasteiger partial charge in [-0.1, -0.05) is 12.1 Å². The lowest BCUT2D eigenvalue weighted by molar-refractivity contribution is 0.0676. The first-order valence-corrected chi connectivity index (χ1v) is 6.48. The molecule has 1 heterocycles. The Hall–Kier alpha value is -2.30. The van der Waals surface area contributed by atoms with E-state index in [1.807, 2.05) is 45.0 Å². The number of hydrogen-bond donors (Lipinski definition) is 1. The summed E-state index contributed by atoms with van der Waals surface area (Å²) >= 11 is 0. The number of carbonyl (C=O) groups is 1. The quantitative estimate of drug-likeness (QED) is 0.910. The minimum atomic E-state index is -1.03. The molecule has 2 rings (SSSR count). The summed E-state index contributed by atoms with van der Waals surface area (Å²) in [6.45, 7) is 6.07. The van der Waals surface area contributed by atoms with Crippen molar-refractivity contribution < 1.29 is 14.6 Å². The Morgan fingerprint density at radius 3 is 2.75 bits per heavy atom. The number of carboxylic acid groups (broad SMARTS) is 1. The molecule has 2 aromatic rings. The normalized spacial score (nSPS) is 10.8. The molecule has 0 spiro atoms. The van der Waals surface area contributed by atoms with Crippen molar-refractivity contribution in [1.82, 2.24) is 9.55 Å². The fourth-order valence-electron chi connectivity index (χ4n) is 1.93. The number of aromatic carboxylic acids is 1. The van der Waals surface area contributed by atoms with Crippen LogP contribution >= 0.6 is 0 Å². The summed E-state index contributed by atoms with van der Waals surface area (Å²) in [5.74, 6) is -0.232. The van der Waals surface area contributed by atoms with E-state index >= 15 is 0 Å². The van der Waals surface area contributed by atoms with E-state index in [9.17, 15) is 4.79 Å². The average molecular weight is 274 g/mol. The first-order chi connectivity index (χ1) is 9.47. The second-order valence-corrected chi connectivity index (χ2v) is 4.97. The standard InChI is InChI=1S/C15H18N2O3/c1-10(2)17-8-12(16-14(17)15(18)19)9-20-13-6-4-5-11(3)7-13/h4-8,10H,9H2,1-3H3,(H,18,19). The van der Waals surface area contributed by atoms with E-state index < -0.39 is 5.97 Å². The van der Waals surface area contributed by atoms with Gasteiger partial charge in [-0.2, -0.15) is 0 Å². The van der Waals surface area contributed by atoms with Gasteiger partial charge in [-0.3, -0.25) is 0 Å². The average Bonchev–Trinajstić information content (AvgIpc) is 2.81. The number of aromatic nitrogens is 2. The topological polar surface area (TPSA) is 64.3 Å². The summed E-state index contributed by atoms with van der Waals surface area (Å²) in [5.41, 5.74) is 1.72. The first kappa shape index (κ1) is 14.1. The zero-order chi connectivity index (χ0) is 14.7. The predicted octanol–water partition coefficient (Wildman–Crippen LogP) is 3.05. The molecule has 1 aromatic heterocycles. The van der Waals surface area contributed by atoms with Crippen LogP contribution in [0.3, 0.4) is 0 Å². The van der Waals surface area contributed by atoms with Crippen LogP contribution in [0.4, 0.5) is 0 Å². The minimum Gasteiger partial charge on any atom is -0.487 e. The molecule has 0 aliphatic heterocycles. The highest BCUT2D eigenvalue weighted by Crippen LogP contribution is 2.16. The van der Waals surface area contributed by atoms with E-state index in [2.05, 4.69) is 4.98 Å². The van der Waals surface area contributed by atoms with E-state index in [1.165, 1.54) is 0 Å². The molecule has 0 atom stereocenters. The van der Waals surface area contributed by atoms with Crippen LogP contribution in [-0.2, 0) is 6.61 Å². The van der Waals surface area contributed by atoms with E-state index in [0.29, 0.717) is 5.69 Å². The zero-order valence-corrected chi connectivity index (χ0v) is 11.8. The smallest absolute Gasteiger partial charge is 0.372 e. The molecular weight excluding hydrogens is 256 g/mol. The zero-order valence-electron chi connectivity index (χ0n) is 11.8. The van der Waals surface area contributed by atoms with E-state index in [1.54, 1.807) is 10.8 Å². The van der Waals surface area contributed by atoms with Crippen LogP contribution in [0.1, 0.15) is 41.8 Å². The van der Waals surface area contributed by atoms with Crippen molar-refractivity contribution in [3.63, 3.8) is 0 Å². The van der Waals surface area contributed by atoms with Crippen LogP contribution in [0.15, 0.2) is 30.5 Å². The fraction of sp³-hybridized carbons (Fsp3) is 0.333. The lowest BCUT2D eigenvalue weighted by atomic mass is 10.2. The van der Waals surface area contributed by atoms with Gasteiger partial charge in [-0.15, -0.1) is 0 Å². The molecule has 20 heavy (non-hydrogen) atoms. The number of benzene rings is 1. The molecule has 1 aromatic carbocycles. The van der Waals surface area contributed by atoms with Gasteiger partial charge in [0.1, 0.15) is 12.4 Å². The Balaban J connectivity index is 2.14. The van der Waals surface area contributed by atoms with Gasteiger partial charge in [0.05, 0.1) is 5.69 Å². The van der Waals surface area contributed by atoms with Crippen molar-refractivity contribution in [1.29, 1.82) is 0 Å². The number of rotatable bonds is 5. The van der Waals surface area contributed by atoms with Crippen LogP contribution in [-0.4, -0.2) is 20.6 Å². The molecule has 106 valence electrons. The first-order valence-electron chi connectivity index (χ1n) is 6.48. The number of nitrogens with zero attached hydrogens (tertiary/aromatic N) is 2. The highest BCUT2D eigenvalue weighted by atomic mass is 16.5. The van der Waals surface area contributed by atoms with Gasteiger partial charge >= 0.3 is 5.97 Å². The summed E-state index contributed by atoms with van der Waals surface area (Å²) in [5, 5.41) is 9.13. The largest absolute Gasteiger partial charge is 0.487 e. The monoisotopic (exact) mass is 274 g/mol. The van der Waals surface area contributed by atoms with Gasteiger partial charge in [-0.25, -0.2) is 9.78 Å². The third kappa shape index (κ3) is 3.17. The molecule has 0 aliphatic carbocycles. The maximum Gasteiger partial charge on any atom is 0.372 e. The highest BCUT2D eigenvalue weighted by Gasteiger charge is 2.16. The molecular formula is C15H18N2O3. The van der Waals surface area contributed by atoms with Crippen LogP contribution in [0, 0.1) is 6.92 Å². The lowest BCUT2D eigenvalue weighted by Gasteiger charge is -2.07. The Morgan fingerprint density at radius 2 is 2.20 bits per heavy atom. The minimum absolute atomic E-state index is 0.0429. The van der Waals surface area contributed by atoms with Gasteiger partial charge in [-0.05, 0) is 38.5 Å². The Labute approximate surface area is 117 Å². The SMILES string of the molecule is Cc1cccc(OCc2cn(C(C)C)c(C(=O)O)n2)c1. The van der Waals surface area contributed by atoms with Crippen molar-refractivity contribution in [3.8, 4) is 5.75 Å². The number of carboxylic acids is 1. The summed E-state index contributed by atoms with van der Waals surface area (Å²) in [4.78, 5) is 15.2. The molecule has 0 amide bonds. The Bertz CT molecular complexity index is 617. The van der Waals surface area contributed by atoms with Gasteiger partial charge in [0.25, 0.3) is 0 Å². The fourth-order valence-corrected chi connectivity index (χ4v) is 1.93. The molecule has 0 fully saturated rings. The Kier molecular flexibility index (Phi) is 4.08. The lowest BCUT2D eigenvalue weighted by Crippen LogP contribution is -2.10. The predicted molar refractivity (Wildman–Crippen MR) is 75.1 cm³/mol. The molecule has 0 radical (unpaired) electrons. The van der Waals surface area contributed by atoms with E-state index in [-0.39, 0.29) is 18.5 Å². The summed E-state index contributed by atoms with van der Waals surface area (Å²) in [7, 11) is 0. The van der Waals surface area contributed by atoms with Crippen molar-refractivity contribution in [2.24, 2.45) is 0 Å². The molecule has 5 nitrogen and oxygen atoms in total. The summed E-state index contributed by atoms with van der Waals surface area (Å²) < 4.78 is 7.27. The van der Waals surface area contributed by atoms with E-state index in [0.717, 1.165) is 11.3 Å². The number of hydrogen-bond acceptors (Lipinski definition) is 3. The van der Waals surface area contributed by atoms with Gasteiger partial charge in [0.2, 0.25) is 5.82 Å². The molecule has 0 unspecified atom stereocenters. The molecule has 0 saturated heterocycles. The van der Waals surface area contributed by atoms with Crippen LogP contribution < -0.4 is 4.74 Å². The number of aryl methyl sites for hydroxylation is 1. The highest BCUT2D eigenvalue weighted by molar-refractivity contribution is 5.83. The van der Waals surface area contributed by atoms with Gasteiger partial charge in [0.15, 0.2) is 0 Å². The third-order valence-electron chi connectivity index (χ3n) is 2.91. The molecule has 0 aliphatic rings. The molecule has 1 N–H and O–H groups in total. The molecule has 0 saturated carbocycles.